The highest BCUT2D eigenvalue weighted by Gasteiger charge is 2.34. The second-order valence-corrected chi connectivity index (χ2v) is 5.71. The zero-order chi connectivity index (χ0) is 13.2. The molecule has 0 radical (unpaired) electrons. The summed E-state index contributed by atoms with van der Waals surface area (Å²) in [7, 11) is 2.19. The lowest BCUT2D eigenvalue weighted by Gasteiger charge is -2.47. The van der Waals surface area contributed by atoms with Crippen molar-refractivity contribution in [3.05, 3.63) is 30.1 Å². The molecule has 4 nitrogen and oxygen atoms in total. The van der Waals surface area contributed by atoms with E-state index in [0.29, 0.717) is 6.54 Å². The SMILES string of the molecule is CN1CCN(C(CN)c2ccccn2)CC1(C)C. The number of piperazine rings is 1. The highest BCUT2D eigenvalue weighted by molar-refractivity contribution is 5.10. The Morgan fingerprint density at radius 1 is 1.39 bits per heavy atom. The number of nitrogens with two attached hydrogens (primary N) is 1. The molecular formula is C14H24N4. The van der Waals surface area contributed by atoms with Crippen LogP contribution in [0.3, 0.4) is 0 Å². The van der Waals surface area contributed by atoms with Crippen LogP contribution < -0.4 is 5.73 Å². The second-order valence-electron chi connectivity index (χ2n) is 5.71. The molecule has 100 valence electrons. The average Bonchev–Trinajstić information content (AvgIpc) is 2.36. The summed E-state index contributed by atoms with van der Waals surface area (Å²) >= 11 is 0. The molecule has 1 aliphatic heterocycles. The van der Waals surface area contributed by atoms with Crippen LogP contribution in [-0.4, -0.2) is 53.5 Å². The van der Waals surface area contributed by atoms with E-state index in [-0.39, 0.29) is 11.6 Å². The summed E-state index contributed by atoms with van der Waals surface area (Å²) in [5.74, 6) is 0. The summed E-state index contributed by atoms with van der Waals surface area (Å²) in [6.07, 6.45) is 1.85. The van der Waals surface area contributed by atoms with Gasteiger partial charge in [-0.15, -0.1) is 0 Å². The molecule has 0 spiro atoms. The molecular weight excluding hydrogens is 224 g/mol. The first-order chi connectivity index (χ1) is 8.54. The molecule has 1 saturated heterocycles. The molecule has 2 N–H and O–H groups in total. The Bertz CT molecular complexity index is 377. The van der Waals surface area contributed by atoms with Gasteiger partial charge in [0.1, 0.15) is 0 Å². The molecule has 1 fully saturated rings. The predicted molar refractivity (Wildman–Crippen MR) is 74.3 cm³/mol. The number of likely N-dealkylation sites (N-methyl/N-ethyl adjacent to an activating group) is 1. The zero-order valence-corrected chi connectivity index (χ0v) is 11.6. The van der Waals surface area contributed by atoms with Gasteiger partial charge in [-0.2, -0.15) is 0 Å². The third-order valence-corrected chi connectivity index (χ3v) is 4.04. The molecule has 1 unspecified atom stereocenters. The van der Waals surface area contributed by atoms with Crippen LogP contribution in [0.25, 0.3) is 0 Å². The minimum Gasteiger partial charge on any atom is -0.329 e. The van der Waals surface area contributed by atoms with E-state index in [1.54, 1.807) is 0 Å². The number of aromatic nitrogens is 1. The lowest BCUT2D eigenvalue weighted by atomic mass is 9.97. The van der Waals surface area contributed by atoms with Crippen LogP contribution in [-0.2, 0) is 0 Å². The fourth-order valence-corrected chi connectivity index (χ4v) is 2.57. The average molecular weight is 248 g/mol. The predicted octanol–water partition coefficient (Wildman–Crippen LogP) is 1.11. The van der Waals surface area contributed by atoms with Gasteiger partial charge >= 0.3 is 0 Å². The van der Waals surface area contributed by atoms with Crippen LogP contribution in [0.2, 0.25) is 0 Å². The van der Waals surface area contributed by atoms with Gasteiger partial charge in [0.25, 0.3) is 0 Å². The van der Waals surface area contributed by atoms with Crippen LogP contribution in [0.5, 0.6) is 0 Å². The first-order valence-corrected chi connectivity index (χ1v) is 6.61. The Labute approximate surface area is 110 Å². The third kappa shape index (κ3) is 2.71. The van der Waals surface area contributed by atoms with E-state index in [9.17, 15) is 0 Å². The Kier molecular flexibility index (Phi) is 4.00. The summed E-state index contributed by atoms with van der Waals surface area (Å²) in [5.41, 5.74) is 7.24. The fraction of sp³-hybridized carbons (Fsp3) is 0.643. The van der Waals surface area contributed by atoms with Gasteiger partial charge in [0.05, 0.1) is 11.7 Å². The van der Waals surface area contributed by atoms with Gasteiger partial charge in [-0.05, 0) is 33.0 Å². The van der Waals surface area contributed by atoms with Crippen molar-refractivity contribution in [2.24, 2.45) is 5.73 Å². The molecule has 1 aromatic heterocycles. The highest BCUT2D eigenvalue weighted by Crippen LogP contribution is 2.26. The minimum absolute atomic E-state index is 0.195. The summed E-state index contributed by atoms with van der Waals surface area (Å²) in [6, 6.07) is 6.29. The van der Waals surface area contributed by atoms with Crippen molar-refractivity contribution in [2.75, 3.05) is 33.2 Å². The Hall–Kier alpha value is -0.970. The van der Waals surface area contributed by atoms with Gasteiger partial charge in [0.15, 0.2) is 0 Å². The maximum Gasteiger partial charge on any atom is 0.0645 e. The molecule has 0 amide bonds. The normalized spacial score (nSPS) is 22.9. The molecule has 1 atom stereocenters. The monoisotopic (exact) mass is 248 g/mol. The highest BCUT2D eigenvalue weighted by atomic mass is 15.3. The summed E-state index contributed by atoms with van der Waals surface area (Å²) in [5, 5.41) is 0. The van der Waals surface area contributed by atoms with Gasteiger partial charge < -0.3 is 5.73 Å². The van der Waals surface area contributed by atoms with Gasteiger partial charge in [-0.1, -0.05) is 6.07 Å². The number of rotatable bonds is 3. The van der Waals surface area contributed by atoms with Crippen molar-refractivity contribution in [3.8, 4) is 0 Å². The molecule has 18 heavy (non-hydrogen) atoms. The van der Waals surface area contributed by atoms with Gasteiger partial charge in [0, 0.05) is 37.9 Å². The number of nitrogens with zero attached hydrogens (tertiary/aromatic N) is 3. The van der Waals surface area contributed by atoms with E-state index in [2.05, 4.69) is 41.7 Å². The van der Waals surface area contributed by atoms with Gasteiger partial charge in [-0.3, -0.25) is 14.8 Å². The second kappa shape index (κ2) is 5.34. The molecule has 2 heterocycles. The van der Waals surface area contributed by atoms with Crippen molar-refractivity contribution in [2.45, 2.75) is 25.4 Å². The minimum atomic E-state index is 0.195. The Balaban J connectivity index is 2.15. The maximum atomic E-state index is 5.96. The molecule has 0 saturated carbocycles. The van der Waals surface area contributed by atoms with E-state index >= 15 is 0 Å². The van der Waals surface area contributed by atoms with Gasteiger partial charge in [-0.25, -0.2) is 0 Å². The summed E-state index contributed by atoms with van der Waals surface area (Å²) < 4.78 is 0. The zero-order valence-electron chi connectivity index (χ0n) is 11.6. The van der Waals surface area contributed by atoms with Gasteiger partial charge in [0.2, 0.25) is 0 Å². The Morgan fingerprint density at radius 2 is 2.17 bits per heavy atom. The fourth-order valence-electron chi connectivity index (χ4n) is 2.57. The molecule has 1 aromatic rings. The molecule has 1 aliphatic rings. The molecule has 0 aliphatic carbocycles. The number of hydrogen-bond acceptors (Lipinski definition) is 4. The van der Waals surface area contributed by atoms with Crippen LogP contribution in [0.1, 0.15) is 25.6 Å². The van der Waals surface area contributed by atoms with Crippen LogP contribution >= 0.6 is 0 Å². The standard InChI is InChI=1S/C14H24N4/c1-14(2)11-18(9-8-17(14)3)13(10-15)12-6-4-5-7-16-12/h4-7,13H,8-11,15H2,1-3H3. The molecule has 4 heteroatoms. The van der Waals surface area contributed by atoms with Crippen LogP contribution in [0.15, 0.2) is 24.4 Å². The summed E-state index contributed by atoms with van der Waals surface area (Å²) in [4.78, 5) is 9.33. The van der Waals surface area contributed by atoms with E-state index in [1.807, 2.05) is 18.3 Å². The first kappa shape index (κ1) is 13.5. The van der Waals surface area contributed by atoms with E-state index in [4.69, 9.17) is 5.73 Å². The van der Waals surface area contributed by atoms with Crippen molar-refractivity contribution < 1.29 is 0 Å². The molecule has 2 rings (SSSR count). The lowest BCUT2D eigenvalue weighted by molar-refractivity contribution is 0.0171. The van der Waals surface area contributed by atoms with Crippen molar-refractivity contribution in [1.29, 1.82) is 0 Å². The summed E-state index contributed by atoms with van der Waals surface area (Å²) in [6.45, 7) is 8.35. The quantitative estimate of drug-likeness (QED) is 0.870. The molecule has 0 bridgehead atoms. The number of pyridine rings is 1. The maximum absolute atomic E-state index is 5.96. The van der Waals surface area contributed by atoms with Crippen molar-refractivity contribution >= 4 is 0 Å². The topological polar surface area (TPSA) is 45.4 Å². The smallest absolute Gasteiger partial charge is 0.0645 e. The Morgan fingerprint density at radius 3 is 2.72 bits per heavy atom. The van der Waals surface area contributed by atoms with E-state index in [1.165, 1.54) is 0 Å². The molecule has 0 aromatic carbocycles. The largest absolute Gasteiger partial charge is 0.329 e. The first-order valence-electron chi connectivity index (χ1n) is 6.61. The van der Waals surface area contributed by atoms with Crippen molar-refractivity contribution in [1.82, 2.24) is 14.8 Å². The van der Waals surface area contributed by atoms with E-state index < -0.39 is 0 Å². The van der Waals surface area contributed by atoms with E-state index in [0.717, 1.165) is 25.3 Å². The number of hydrogen-bond donors (Lipinski definition) is 1. The lowest BCUT2D eigenvalue weighted by Crippen LogP contribution is -2.58. The van der Waals surface area contributed by atoms with Crippen molar-refractivity contribution in [3.63, 3.8) is 0 Å². The van der Waals surface area contributed by atoms with Crippen LogP contribution in [0.4, 0.5) is 0 Å². The van der Waals surface area contributed by atoms with Crippen LogP contribution in [0, 0.1) is 0 Å². The third-order valence-electron chi connectivity index (χ3n) is 4.04.